The van der Waals surface area contributed by atoms with Gasteiger partial charge in [-0.15, -0.1) is 0 Å². The molecule has 0 saturated carbocycles. The van der Waals surface area contributed by atoms with E-state index in [9.17, 15) is 0 Å². The van der Waals surface area contributed by atoms with Gasteiger partial charge in [0.15, 0.2) is 0 Å². The molecular formula is C8H13N3O. The SMILES string of the molecule is CC1(C)NCCc2c1noc2N. The van der Waals surface area contributed by atoms with Gasteiger partial charge in [0.05, 0.1) is 5.54 Å². The fourth-order valence-electron chi connectivity index (χ4n) is 1.64. The van der Waals surface area contributed by atoms with Gasteiger partial charge in [0.1, 0.15) is 5.69 Å². The highest BCUT2D eigenvalue weighted by molar-refractivity contribution is 5.43. The van der Waals surface area contributed by atoms with Gasteiger partial charge in [0, 0.05) is 12.1 Å². The minimum Gasteiger partial charge on any atom is -0.367 e. The lowest BCUT2D eigenvalue weighted by Crippen LogP contribution is -2.42. The summed E-state index contributed by atoms with van der Waals surface area (Å²) in [6, 6.07) is 0. The smallest absolute Gasteiger partial charge is 0.225 e. The van der Waals surface area contributed by atoms with Crippen molar-refractivity contribution in [3.63, 3.8) is 0 Å². The zero-order valence-electron chi connectivity index (χ0n) is 7.35. The van der Waals surface area contributed by atoms with E-state index in [0.717, 1.165) is 24.2 Å². The Labute approximate surface area is 71.1 Å². The van der Waals surface area contributed by atoms with Crippen LogP contribution in [0.2, 0.25) is 0 Å². The number of nitrogens with two attached hydrogens (primary N) is 1. The van der Waals surface area contributed by atoms with E-state index < -0.39 is 0 Å². The molecule has 1 aromatic heterocycles. The number of nitrogens with one attached hydrogen (secondary N) is 1. The van der Waals surface area contributed by atoms with Crippen LogP contribution < -0.4 is 11.1 Å². The lowest BCUT2D eigenvalue weighted by molar-refractivity contribution is 0.343. The molecular weight excluding hydrogens is 154 g/mol. The van der Waals surface area contributed by atoms with Gasteiger partial charge in [-0.2, -0.15) is 0 Å². The van der Waals surface area contributed by atoms with E-state index in [0.29, 0.717) is 5.88 Å². The van der Waals surface area contributed by atoms with Crippen molar-refractivity contribution in [3.05, 3.63) is 11.3 Å². The Kier molecular flexibility index (Phi) is 1.41. The largest absolute Gasteiger partial charge is 0.367 e. The Hall–Kier alpha value is -1.03. The Morgan fingerprint density at radius 1 is 1.58 bits per heavy atom. The zero-order valence-corrected chi connectivity index (χ0v) is 7.35. The van der Waals surface area contributed by atoms with Gasteiger partial charge in [-0.1, -0.05) is 5.16 Å². The average molecular weight is 167 g/mol. The Morgan fingerprint density at radius 3 is 3.00 bits per heavy atom. The lowest BCUT2D eigenvalue weighted by Gasteiger charge is -2.29. The van der Waals surface area contributed by atoms with Gasteiger partial charge >= 0.3 is 0 Å². The molecule has 0 saturated heterocycles. The Balaban J connectivity index is 2.53. The van der Waals surface area contributed by atoms with Crippen LogP contribution >= 0.6 is 0 Å². The number of rotatable bonds is 0. The van der Waals surface area contributed by atoms with Gasteiger partial charge < -0.3 is 15.6 Å². The van der Waals surface area contributed by atoms with E-state index in [-0.39, 0.29) is 5.54 Å². The van der Waals surface area contributed by atoms with Crippen molar-refractivity contribution in [2.45, 2.75) is 25.8 Å². The van der Waals surface area contributed by atoms with Crippen molar-refractivity contribution in [2.75, 3.05) is 12.3 Å². The summed E-state index contributed by atoms with van der Waals surface area (Å²) in [5.74, 6) is 0.472. The second-order valence-electron chi connectivity index (χ2n) is 3.68. The molecule has 0 aliphatic carbocycles. The summed E-state index contributed by atoms with van der Waals surface area (Å²) < 4.78 is 4.94. The topological polar surface area (TPSA) is 64.1 Å². The molecule has 0 unspecified atom stereocenters. The van der Waals surface area contributed by atoms with Gasteiger partial charge in [0.25, 0.3) is 0 Å². The highest BCUT2D eigenvalue weighted by atomic mass is 16.5. The van der Waals surface area contributed by atoms with Gasteiger partial charge in [0.2, 0.25) is 5.88 Å². The third-order valence-electron chi connectivity index (χ3n) is 2.35. The molecule has 0 aromatic carbocycles. The van der Waals surface area contributed by atoms with Crippen molar-refractivity contribution in [1.82, 2.24) is 10.5 Å². The lowest BCUT2D eigenvalue weighted by atomic mass is 9.91. The number of nitrogens with zero attached hydrogens (tertiary/aromatic N) is 1. The minimum atomic E-state index is -0.102. The third-order valence-corrected chi connectivity index (χ3v) is 2.35. The summed E-state index contributed by atoms with van der Waals surface area (Å²) in [5.41, 5.74) is 7.54. The number of nitrogen functional groups attached to an aromatic ring is 1. The fourth-order valence-corrected chi connectivity index (χ4v) is 1.64. The minimum absolute atomic E-state index is 0.102. The van der Waals surface area contributed by atoms with Gasteiger partial charge in [-0.25, -0.2) is 0 Å². The van der Waals surface area contributed by atoms with Crippen LogP contribution in [0.3, 0.4) is 0 Å². The standard InChI is InChI=1S/C8H13N3O/c1-8(2)6-5(3-4-10-8)7(9)12-11-6/h10H,3-4,9H2,1-2H3. The summed E-state index contributed by atoms with van der Waals surface area (Å²) in [6.07, 6.45) is 0.911. The first-order chi connectivity index (χ1) is 5.61. The normalized spacial score (nSPS) is 20.5. The maximum atomic E-state index is 5.63. The average Bonchev–Trinajstić information content (AvgIpc) is 2.33. The number of fused-ring (bicyclic) bond motifs is 1. The molecule has 0 atom stereocenters. The molecule has 0 fully saturated rings. The number of hydrogen-bond acceptors (Lipinski definition) is 4. The summed E-state index contributed by atoms with van der Waals surface area (Å²) in [4.78, 5) is 0. The van der Waals surface area contributed by atoms with Crippen LogP contribution in [0.1, 0.15) is 25.1 Å². The maximum absolute atomic E-state index is 5.63. The van der Waals surface area contributed by atoms with Crippen LogP contribution in [0.4, 0.5) is 5.88 Å². The number of aromatic nitrogens is 1. The van der Waals surface area contributed by atoms with E-state index in [1.807, 2.05) is 0 Å². The molecule has 0 bridgehead atoms. The van der Waals surface area contributed by atoms with E-state index in [1.54, 1.807) is 0 Å². The molecule has 2 heterocycles. The van der Waals surface area contributed by atoms with Crippen LogP contribution in [-0.4, -0.2) is 11.7 Å². The molecule has 0 radical (unpaired) electrons. The predicted octanol–water partition coefficient (Wildman–Crippen LogP) is 0.638. The van der Waals surface area contributed by atoms with E-state index >= 15 is 0 Å². The summed E-state index contributed by atoms with van der Waals surface area (Å²) in [7, 11) is 0. The molecule has 0 spiro atoms. The molecule has 3 N–H and O–H groups in total. The first kappa shape index (κ1) is 7.61. The predicted molar refractivity (Wildman–Crippen MR) is 45.6 cm³/mol. The van der Waals surface area contributed by atoms with Crippen molar-refractivity contribution in [2.24, 2.45) is 0 Å². The summed E-state index contributed by atoms with van der Waals surface area (Å²) in [6.45, 7) is 5.09. The van der Waals surface area contributed by atoms with E-state index in [1.165, 1.54) is 0 Å². The van der Waals surface area contributed by atoms with Crippen LogP contribution in [0, 0.1) is 0 Å². The van der Waals surface area contributed by atoms with Crippen LogP contribution in [-0.2, 0) is 12.0 Å². The van der Waals surface area contributed by atoms with Crippen LogP contribution in [0.25, 0.3) is 0 Å². The second-order valence-corrected chi connectivity index (χ2v) is 3.68. The molecule has 0 amide bonds. The molecule has 4 nitrogen and oxygen atoms in total. The molecule has 12 heavy (non-hydrogen) atoms. The first-order valence-corrected chi connectivity index (χ1v) is 4.11. The molecule has 1 aliphatic rings. The monoisotopic (exact) mass is 167 g/mol. The molecule has 2 rings (SSSR count). The molecule has 66 valence electrons. The number of anilines is 1. The molecule has 1 aliphatic heterocycles. The van der Waals surface area contributed by atoms with E-state index in [4.69, 9.17) is 10.3 Å². The van der Waals surface area contributed by atoms with Crippen LogP contribution in [0.15, 0.2) is 4.52 Å². The number of hydrogen-bond donors (Lipinski definition) is 2. The van der Waals surface area contributed by atoms with Crippen molar-refractivity contribution < 1.29 is 4.52 Å². The van der Waals surface area contributed by atoms with E-state index in [2.05, 4.69) is 24.3 Å². The zero-order chi connectivity index (χ0) is 8.77. The second kappa shape index (κ2) is 2.23. The van der Waals surface area contributed by atoms with Crippen LogP contribution in [0.5, 0.6) is 0 Å². The van der Waals surface area contributed by atoms with Crippen molar-refractivity contribution in [1.29, 1.82) is 0 Å². The Morgan fingerprint density at radius 2 is 2.33 bits per heavy atom. The molecule has 1 aromatic rings. The summed E-state index contributed by atoms with van der Waals surface area (Å²) >= 11 is 0. The molecule has 4 heteroatoms. The first-order valence-electron chi connectivity index (χ1n) is 4.11. The highest BCUT2D eigenvalue weighted by Crippen LogP contribution is 2.30. The third kappa shape index (κ3) is 0.914. The maximum Gasteiger partial charge on any atom is 0.225 e. The summed E-state index contributed by atoms with van der Waals surface area (Å²) in [5, 5.41) is 7.30. The Bertz CT molecular complexity index is 303. The van der Waals surface area contributed by atoms with Crippen molar-refractivity contribution >= 4 is 5.88 Å². The quantitative estimate of drug-likeness (QED) is 0.595. The fraction of sp³-hybridized carbons (Fsp3) is 0.625. The van der Waals surface area contributed by atoms with Crippen molar-refractivity contribution in [3.8, 4) is 0 Å². The van der Waals surface area contributed by atoms with Gasteiger partial charge in [-0.05, 0) is 20.3 Å². The highest BCUT2D eigenvalue weighted by Gasteiger charge is 2.32. The van der Waals surface area contributed by atoms with Gasteiger partial charge in [-0.3, -0.25) is 0 Å².